The van der Waals surface area contributed by atoms with Crippen LogP contribution in [0.15, 0.2) is 71.3 Å². The van der Waals surface area contributed by atoms with Crippen molar-refractivity contribution in [1.82, 2.24) is 0 Å². The number of aryl methyl sites for hydroxylation is 2. The molecule has 1 aliphatic carbocycles. The molecule has 0 saturated heterocycles. The second kappa shape index (κ2) is 13.1. The predicted molar refractivity (Wildman–Crippen MR) is 133 cm³/mol. The van der Waals surface area contributed by atoms with Crippen LogP contribution in [-0.4, -0.2) is 6.88 Å². The molecule has 0 aliphatic heterocycles. The molecule has 0 saturated carbocycles. The summed E-state index contributed by atoms with van der Waals surface area (Å²) in [7, 11) is 0. The Labute approximate surface area is 202 Å². The summed E-state index contributed by atoms with van der Waals surface area (Å²) in [4.78, 5) is 0. The number of rotatable bonds is 1. The molecule has 0 bridgehead atoms. The van der Waals surface area contributed by atoms with E-state index in [2.05, 4.69) is 109 Å². The second-order valence-electron chi connectivity index (χ2n) is 7.45. The average molecular weight is 490 g/mol. The molecular formula is C28H34SiZr-4. The van der Waals surface area contributed by atoms with Crippen LogP contribution in [0, 0.1) is 40.7 Å². The van der Waals surface area contributed by atoms with Crippen LogP contribution < -0.4 is 0 Å². The minimum absolute atomic E-state index is 0. The van der Waals surface area contributed by atoms with E-state index in [0.717, 1.165) is 0 Å². The standard InChI is InChI=1S/C17H15.C9H13.2CH3.Si.Zr/c1-12-7-8-13(2)17(11-12)16-10-9-14-5-3-4-6-15(14)16;1-6-5-7(2)9(4)8(6)3;;;;/h3-11H,1-2H3;6H,1-4H3;2*1H3;;/q4*-1;;. The SMILES string of the molecule is CC1=[C-]C(C)C(C)=C1C.Cc1ccc(C)c(-c2c[cH-]c3ccccc23)c1.[CH3-].[CH3-].[Si]=[Zr]. The summed E-state index contributed by atoms with van der Waals surface area (Å²) in [5.74, 6) is 0.560. The molecule has 0 aromatic heterocycles. The van der Waals surface area contributed by atoms with Gasteiger partial charge in [0.05, 0.1) is 0 Å². The molecule has 0 spiro atoms. The van der Waals surface area contributed by atoms with Gasteiger partial charge >= 0.3 is 30.2 Å². The van der Waals surface area contributed by atoms with Crippen LogP contribution in [0.25, 0.3) is 21.9 Å². The molecular weight excluding hydrogens is 456 g/mol. The van der Waals surface area contributed by atoms with Crippen molar-refractivity contribution in [2.45, 2.75) is 41.5 Å². The molecule has 0 amide bonds. The van der Waals surface area contributed by atoms with Crippen molar-refractivity contribution >= 4 is 17.7 Å². The zero-order chi connectivity index (χ0) is 20.8. The van der Waals surface area contributed by atoms with Crippen LogP contribution in [0.1, 0.15) is 38.8 Å². The number of hydrogen-bond acceptors (Lipinski definition) is 0. The van der Waals surface area contributed by atoms with Crippen molar-refractivity contribution in [3.05, 3.63) is 103 Å². The van der Waals surface area contributed by atoms with E-state index in [1.807, 2.05) is 0 Å². The van der Waals surface area contributed by atoms with Gasteiger partial charge in [-0.25, -0.2) is 5.57 Å². The maximum atomic E-state index is 3.36. The molecule has 0 nitrogen and oxygen atoms in total. The van der Waals surface area contributed by atoms with Gasteiger partial charge in [-0.2, -0.15) is 11.1 Å². The zero-order valence-corrected chi connectivity index (χ0v) is 23.2. The molecule has 2 radical (unpaired) electrons. The molecule has 1 unspecified atom stereocenters. The van der Waals surface area contributed by atoms with Crippen LogP contribution >= 0.6 is 0 Å². The molecule has 1 aliphatic rings. The van der Waals surface area contributed by atoms with E-state index in [0.29, 0.717) is 5.92 Å². The first-order valence-electron chi connectivity index (χ1n) is 9.63. The third-order valence-corrected chi connectivity index (χ3v) is 5.60. The molecule has 0 fully saturated rings. The van der Waals surface area contributed by atoms with Crippen LogP contribution in [0.2, 0.25) is 0 Å². The van der Waals surface area contributed by atoms with Crippen molar-refractivity contribution in [2.75, 3.05) is 0 Å². The first kappa shape index (κ1) is 28.6. The Morgan fingerprint density at radius 1 is 0.900 bits per heavy atom. The third kappa shape index (κ3) is 6.56. The first-order chi connectivity index (χ1) is 13.4. The average Bonchev–Trinajstić information content (AvgIpc) is 3.23. The molecule has 30 heavy (non-hydrogen) atoms. The topological polar surface area (TPSA) is 0 Å². The van der Waals surface area contributed by atoms with E-state index in [4.69, 9.17) is 0 Å². The summed E-state index contributed by atoms with van der Waals surface area (Å²) in [6.07, 6.45) is 3.36. The summed E-state index contributed by atoms with van der Waals surface area (Å²) < 4.78 is 0. The van der Waals surface area contributed by atoms with Gasteiger partial charge in [0.15, 0.2) is 0 Å². The van der Waals surface area contributed by atoms with Crippen LogP contribution in [-0.2, 0) is 23.3 Å². The quantitative estimate of drug-likeness (QED) is 0.239. The number of hydrogen-bond donors (Lipinski definition) is 0. The van der Waals surface area contributed by atoms with Gasteiger partial charge in [0.25, 0.3) is 0 Å². The number of fused-ring (bicyclic) bond motifs is 1. The minimum atomic E-state index is 0. The van der Waals surface area contributed by atoms with E-state index >= 15 is 0 Å². The fourth-order valence-corrected chi connectivity index (χ4v) is 3.57. The molecule has 0 N–H and O–H groups in total. The van der Waals surface area contributed by atoms with Crippen molar-refractivity contribution in [2.24, 2.45) is 5.92 Å². The van der Waals surface area contributed by atoms with Gasteiger partial charge in [0.2, 0.25) is 0 Å². The molecule has 4 rings (SSSR count). The van der Waals surface area contributed by atoms with Gasteiger partial charge < -0.3 is 14.9 Å². The molecule has 3 aromatic rings. The summed E-state index contributed by atoms with van der Waals surface area (Å²) in [6.45, 7) is 16.1. The molecule has 0 heterocycles. The van der Waals surface area contributed by atoms with Crippen LogP contribution in [0.3, 0.4) is 0 Å². The van der Waals surface area contributed by atoms with E-state index in [1.165, 1.54) is 73.1 Å². The summed E-state index contributed by atoms with van der Waals surface area (Å²) >= 11 is 1.36. The molecule has 1 atom stereocenters. The second-order valence-corrected chi connectivity index (χ2v) is 7.45. The van der Waals surface area contributed by atoms with E-state index < -0.39 is 0 Å². The normalized spacial score (nSPS) is 14.4. The maximum absolute atomic E-state index is 3.36. The van der Waals surface area contributed by atoms with E-state index in [-0.39, 0.29) is 14.9 Å². The number of allylic oxidation sites excluding steroid dienone is 4. The van der Waals surface area contributed by atoms with Gasteiger partial charge in [-0.15, -0.1) is 53.6 Å². The molecule has 158 valence electrons. The summed E-state index contributed by atoms with van der Waals surface area (Å²) in [6, 6.07) is 19.6. The van der Waals surface area contributed by atoms with Crippen molar-refractivity contribution in [3.63, 3.8) is 0 Å². The Bertz CT molecular complexity index is 1020. The number of benzene rings is 2. The van der Waals surface area contributed by atoms with E-state index in [9.17, 15) is 0 Å². The van der Waals surface area contributed by atoms with Gasteiger partial charge in [-0.1, -0.05) is 67.6 Å². The molecule has 3 aromatic carbocycles. The fourth-order valence-electron chi connectivity index (χ4n) is 3.57. The predicted octanol–water partition coefficient (Wildman–Crippen LogP) is 8.08. The van der Waals surface area contributed by atoms with Gasteiger partial charge in [0, 0.05) is 0 Å². The van der Waals surface area contributed by atoms with Gasteiger partial charge in [-0.05, 0) is 13.8 Å². The Hall–Kier alpha value is -1.37. The fraction of sp³-hybridized carbons (Fsp3) is 0.250. The zero-order valence-electron chi connectivity index (χ0n) is 19.8. The van der Waals surface area contributed by atoms with Crippen molar-refractivity contribution in [1.29, 1.82) is 0 Å². The summed E-state index contributed by atoms with van der Waals surface area (Å²) in [5, 5.41) is 2.67. The summed E-state index contributed by atoms with van der Waals surface area (Å²) in [5.41, 5.74) is 9.60. The van der Waals surface area contributed by atoms with Crippen LogP contribution in [0.4, 0.5) is 0 Å². The van der Waals surface area contributed by atoms with Crippen molar-refractivity contribution in [3.8, 4) is 11.1 Å². The third-order valence-electron chi connectivity index (χ3n) is 5.60. The van der Waals surface area contributed by atoms with Gasteiger partial charge in [-0.3, -0.25) is 6.08 Å². The Morgan fingerprint density at radius 3 is 2.07 bits per heavy atom. The Balaban J connectivity index is 0.000000558. The first-order valence-corrected chi connectivity index (χ1v) is 13.8. The van der Waals surface area contributed by atoms with Crippen LogP contribution in [0.5, 0.6) is 0 Å². The molecule has 2 heteroatoms. The monoisotopic (exact) mass is 488 g/mol. The van der Waals surface area contributed by atoms with Gasteiger partial charge in [0.1, 0.15) is 0 Å². The van der Waals surface area contributed by atoms with Crippen molar-refractivity contribution < 1.29 is 23.3 Å². The Morgan fingerprint density at radius 2 is 1.53 bits per heavy atom. The van der Waals surface area contributed by atoms with E-state index in [1.54, 1.807) is 0 Å². The Kier molecular flexibility index (Phi) is 12.5.